The van der Waals surface area contributed by atoms with Gasteiger partial charge >= 0.3 is 0 Å². The summed E-state index contributed by atoms with van der Waals surface area (Å²) in [5.74, 6) is 0. The Labute approximate surface area is 321 Å². The molecule has 0 bridgehead atoms. The highest BCUT2D eigenvalue weighted by molar-refractivity contribution is 7.26. The summed E-state index contributed by atoms with van der Waals surface area (Å²) in [6.07, 6.45) is 0. The van der Waals surface area contributed by atoms with Gasteiger partial charge in [0.1, 0.15) is 0 Å². The molecule has 3 heteroatoms. The molecule has 0 saturated heterocycles. The average Bonchev–Trinajstić information content (AvgIpc) is 3.91. The Kier molecular flexibility index (Phi) is 6.54. The Balaban J connectivity index is 1.09. The molecule has 12 aromatic rings. The molecule has 0 aliphatic heterocycles. The van der Waals surface area contributed by atoms with Gasteiger partial charge in [-0.1, -0.05) is 146 Å². The third kappa shape index (κ3) is 4.48. The highest BCUT2D eigenvalue weighted by Gasteiger charge is 2.20. The second kappa shape index (κ2) is 11.8. The molecule has 0 unspecified atom stereocenters. The fraction of sp³-hybridized carbons (Fsp3) is 0. The Morgan fingerprint density at radius 3 is 1.80 bits per heavy atom. The van der Waals surface area contributed by atoms with Crippen LogP contribution in [0, 0.1) is 0 Å². The standard InChI is InChI=1S/C52H32N2S/c1-2-13-33(14-3-1)37-16-6-9-21-45(37)54-48-30-27-36(32-44(48)41-28-25-34-15-4-5-17-38(34)51(41)54)35-26-29-47-43(31-35)39-18-7-10-22-46(39)53(47)49-23-12-20-42-40-19-8-11-24-50(40)55-52(42)49/h1-32H. The maximum atomic E-state index is 2.49. The second-order valence-electron chi connectivity index (χ2n) is 14.5. The molecule has 55 heavy (non-hydrogen) atoms. The lowest BCUT2D eigenvalue weighted by molar-refractivity contribution is 1.19. The summed E-state index contributed by atoms with van der Waals surface area (Å²) in [6, 6.07) is 71.4. The van der Waals surface area contributed by atoms with Crippen molar-refractivity contribution in [3.63, 3.8) is 0 Å². The third-order valence-corrected chi connectivity index (χ3v) is 12.7. The van der Waals surface area contributed by atoms with E-state index in [0.717, 1.165) is 0 Å². The van der Waals surface area contributed by atoms with E-state index in [9.17, 15) is 0 Å². The first kappa shape index (κ1) is 30.5. The molecule has 0 radical (unpaired) electrons. The van der Waals surface area contributed by atoms with Gasteiger partial charge < -0.3 is 9.13 Å². The lowest BCUT2D eigenvalue weighted by Gasteiger charge is -2.15. The molecule has 0 saturated carbocycles. The van der Waals surface area contributed by atoms with Gasteiger partial charge in [-0.15, -0.1) is 11.3 Å². The van der Waals surface area contributed by atoms with Crippen LogP contribution in [0.3, 0.4) is 0 Å². The Morgan fingerprint density at radius 1 is 0.327 bits per heavy atom. The molecule has 0 fully saturated rings. The van der Waals surface area contributed by atoms with E-state index in [2.05, 4.69) is 203 Å². The maximum Gasteiger partial charge on any atom is 0.0640 e. The van der Waals surface area contributed by atoms with Crippen LogP contribution in [0.5, 0.6) is 0 Å². The van der Waals surface area contributed by atoms with Crippen molar-refractivity contribution < 1.29 is 0 Å². The van der Waals surface area contributed by atoms with Crippen LogP contribution in [0.25, 0.3) is 108 Å². The van der Waals surface area contributed by atoms with Crippen molar-refractivity contribution in [2.45, 2.75) is 0 Å². The number of fused-ring (bicyclic) bond motifs is 11. The number of rotatable bonds is 4. The third-order valence-electron chi connectivity index (χ3n) is 11.5. The Hall–Kier alpha value is -6.94. The number of aromatic nitrogens is 2. The Morgan fingerprint density at radius 2 is 0.945 bits per heavy atom. The normalized spacial score (nSPS) is 12.0. The van der Waals surface area contributed by atoms with Crippen LogP contribution < -0.4 is 0 Å². The first-order chi connectivity index (χ1) is 27.3. The van der Waals surface area contributed by atoms with Crippen molar-refractivity contribution in [1.29, 1.82) is 0 Å². The highest BCUT2D eigenvalue weighted by atomic mass is 32.1. The van der Waals surface area contributed by atoms with Gasteiger partial charge in [-0.2, -0.15) is 0 Å². The SMILES string of the molecule is c1ccc(-c2ccccc2-n2c3ccc(-c4ccc5c(c4)c4ccccc4n5-c4cccc5c4sc4ccccc45)cc3c3ccc4ccccc4c32)cc1. The summed E-state index contributed by atoms with van der Waals surface area (Å²) in [6.45, 7) is 0. The molecule has 0 aliphatic carbocycles. The van der Waals surface area contributed by atoms with E-state index in [0.29, 0.717) is 0 Å². The molecule has 3 heterocycles. The Bertz CT molecular complexity index is 3490. The number of benzene rings is 9. The summed E-state index contributed by atoms with van der Waals surface area (Å²) >= 11 is 1.88. The lowest BCUT2D eigenvalue weighted by Crippen LogP contribution is -1.97. The van der Waals surface area contributed by atoms with E-state index in [1.54, 1.807) is 0 Å². The zero-order chi connectivity index (χ0) is 36.0. The van der Waals surface area contributed by atoms with E-state index >= 15 is 0 Å². The van der Waals surface area contributed by atoms with E-state index < -0.39 is 0 Å². The average molecular weight is 717 g/mol. The minimum absolute atomic E-state index is 1.18. The molecule has 0 aliphatic rings. The maximum absolute atomic E-state index is 2.49. The molecule has 2 nitrogen and oxygen atoms in total. The van der Waals surface area contributed by atoms with Crippen molar-refractivity contribution >= 4 is 85.9 Å². The zero-order valence-corrected chi connectivity index (χ0v) is 30.6. The van der Waals surface area contributed by atoms with Crippen molar-refractivity contribution in [3.8, 4) is 33.6 Å². The monoisotopic (exact) mass is 716 g/mol. The van der Waals surface area contributed by atoms with E-state index in [1.165, 1.54) is 108 Å². The van der Waals surface area contributed by atoms with Gasteiger partial charge in [0.25, 0.3) is 0 Å². The molecule has 0 amide bonds. The van der Waals surface area contributed by atoms with E-state index in [-0.39, 0.29) is 0 Å². The second-order valence-corrected chi connectivity index (χ2v) is 15.5. The number of hydrogen-bond donors (Lipinski definition) is 0. The van der Waals surface area contributed by atoms with Gasteiger partial charge in [-0.3, -0.25) is 0 Å². The van der Waals surface area contributed by atoms with Crippen LogP contribution in [0.1, 0.15) is 0 Å². The molecule has 256 valence electrons. The minimum atomic E-state index is 1.18. The first-order valence-electron chi connectivity index (χ1n) is 18.9. The predicted molar refractivity (Wildman–Crippen MR) is 236 cm³/mol. The van der Waals surface area contributed by atoms with Crippen LogP contribution in [0.2, 0.25) is 0 Å². The summed E-state index contributed by atoms with van der Waals surface area (Å²) < 4.78 is 7.60. The van der Waals surface area contributed by atoms with Crippen LogP contribution in [0.15, 0.2) is 194 Å². The van der Waals surface area contributed by atoms with Gasteiger partial charge in [0, 0.05) is 48.0 Å². The fourth-order valence-electron chi connectivity index (χ4n) is 9.06. The number of para-hydroxylation sites is 2. The summed E-state index contributed by atoms with van der Waals surface area (Å²) in [7, 11) is 0. The van der Waals surface area contributed by atoms with Crippen LogP contribution in [-0.2, 0) is 0 Å². The molecule has 3 aromatic heterocycles. The summed E-state index contributed by atoms with van der Waals surface area (Å²) in [5, 5.41) is 10.2. The molecule has 0 spiro atoms. The molecule has 9 aromatic carbocycles. The van der Waals surface area contributed by atoms with Gasteiger partial charge in [0.2, 0.25) is 0 Å². The van der Waals surface area contributed by atoms with E-state index in [4.69, 9.17) is 0 Å². The fourth-order valence-corrected chi connectivity index (χ4v) is 10.3. The molecular formula is C52H32N2S. The number of nitrogens with zero attached hydrogens (tertiary/aromatic N) is 2. The van der Waals surface area contributed by atoms with Gasteiger partial charge in [0.15, 0.2) is 0 Å². The van der Waals surface area contributed by atoms with Gasteiger partial charge in [-0.05, 0) is 70.6 Å². The number of thiophene rings is 1. The zero-order valence-electron chi connectivity index (χ0n) is 29.8. The quantitative estimate of drug-likeness (QED) is 0.172. The van der Waals surface area contributed by atoms with Crippen molar-refractivity contribution in [2.24, 2.45) is 0 Å². The summed E-state index contributed by atoms with van der Waals surface area (Å²) in [4.78, 5) is 0. The van der Waals surface area contributed by atoms with Crippen molar-refractivity contribution in [3.05, 3.63) is 194 Å². The predicted octanol–water partition coefficient (Wildman–Crippen LogP) is 14.7. The molecule has 0 N–H and O–H groups in total. The van der Waals surface area contributed by atoms with Crippen molar-refractivity contribution in [1.82, 2.24) is 9.13 Å². The van der Waals surface area contributed by atoms with Gasteiger partial charge in [-0.25, -0.2) is 0 Å². The minimum Gasteiger partial charge on any atom is -0.308 e. The summed E-state index contributed by atoms with van der Waals surface area (Å²) in [5.41, 5.74) is 12.1. The lowest BCUT2D eigenvalue weighted by atomic mass is 10.00. The largest absolute Gasteiger partial charge is 0.308 e. The smallest absolute Gasteiger partial charge is 0.0640 e. The van der Waals surface area contributed by atoms with Crippen molar-refractivity contribution in [2.75, 3.05) is 0 Å². The molecule has 12 rings (SSSR count). The molecule has 0 atom stereocenters. The van der Waals surface area contributed by atoms with E-state index in [1.807, 2.05) is 11.3 Å². The highest BCUT2D eigenvalue weighted by Crippen LogP contribution is 2.43. The van der Waals surface area contributed by atoms with Crippen LogP contribution >= 0.6 is 11.3 Å². The molecular weight excluding hydrogens is 685 g/mol. The number of hydrogen-bond acceptors (Lipinski definition) is 1. The first-order valence-corrected chi connectivity index (χ1v) is 19.7. The topological polar surface area (TPSA) is 9.86 Å². The van der Waals surface area contributed by atoms with Crippen LogP contribution in [-0.4, -0.2) is 9.13 Å². The van der Waals surface area contributed by atoms with Gasteiger partial charge in [0.05, 0.1) is 38.1 Å². The van der Waals surface area contributed by atoms with Crippen LogP contribution in [0.4, 0.5) is 0 Å².